The molecule has 0 saturated carbocycles. The summed E-state index contributed by atoms with van der Waals surface area (Å²) in [6, 6.07) is 14.1. The van der Waals surface area contributed by atoms with Crippen molar-refractivity contribution in [1.29, 1.82) is 0 Å². The molecule has 2 heterocycles. The fraction of sp³-hybridized carbons (Fsp3) is 0.125. The van der Waals surface area contributed by atoms with E-state index < -0.39 is 0 Å². The number of hydrogen-bond donors (Lipinski definition) is 1. The van der Waals surface area contributed by atoms with Gasteiger partial charge in [0.25, 0.3) is 0 Å². The first-order valence-corrected chi connectivity index (χ1v) is 6.56. The molecule has 0 aliphatic rings. The van der Waals surface area contributed by atoms with Crippen LogP contribution in [0.1, 0.15) is 18.5 Å². The molecule has 2 N–H and O–H groups in total. The van der Waals surface area contributed by atoms with E-state index in [4.69, 9.17) is 5.73 Å². The molecule has 4 heteroatoms. The van der Waals surface area contributed by atoms with Gasteiger partial charge in [0.05, 0.1) is 6.20 Å². The molecular weight excluding hydrogens is 248 g/mol. The zero-order valence-corrected chi connectivity index (χ0v) is 11.3. The van der Waals surface area contributed by atoms with E-state index in [2.05, 4.69) is 22.2 Å². The molecule has 2 aromatic heterocycles. The lowest BCUT2D eigenvalue weighted by atomic mass is 10.1. The van der Waals surface area contributed by atoms with Crippen LogP contribution in [0.15, 0.2) is 61.1 Å². The second-order valence-corrected chi connectivity index (χ2v) is 4.78. The minimum atomic E-state index is -0.00551. The van der Waals surface area contributed by atoms with Gasteiger partial charge in [0, 0.05) is 24.0 Å². The fourth-order valence-electron chi connectivity index (χ4n) is 2.03. The third kappa shape index (κ3) is 2.46. The predicted octanol–water partition coefficient (Wildman–Crippen LogP) is 2.95. The Bertz CT molecular complexity index is 684. The van der Waals surface area contributed by atoms with E-state index in [9.17, 15) is 0 Å². The van der Waals surface area contributed by atoms with Gasteiger partial charge in [0.1, 0.15) is 0 Å². The van der Waals surface area contributed by atoms with Gasteiger partial charge in [-0.1, -0.05) is 36.4 Å². The van der Waals surface area contributed by atoms with Crippen molar-refractivity contribution in [2.24, 2.45) is 5.73 Å². The molecule has 4 nitrogen and oxygen atoms in total. The van der Waals surface area contributed by atoms with Gasteiger partial charge in [-0.15, -0.1) is 0 Å². The Morgan fingerprint density at radius 1 is 1.00 bits per heavy atom. The zero-order valence-electron chi connectivity index (χ0n) is 11.3. The summed E-state index contributed by atoms with van der Waals surface area (Å²) in [7, 11) is 0. The molecule has 0 saturated heterocycles. The smallest absolute Gasteiger partial charge is 0.153 e. The number of nitrogens with zero attached hydrogens (tertiary/aromatic N) is 3. The molecular formula is C16H16N4. The van der Waals surface area contributed by atoms with Crippen LogP contribution < -0.4 is 5.73 Å². The van der Waals surface area contributed by atoms with Crippen LogP contribution in [0.5, 0.6) is 0 Å². The van der Waals surface area contributed by atoms with Gasteiger partial charge in [-0.2, -0.15) is 5.10 Å². The van der Waals surface area contributed by atoms with Crippen LogP contribution in [0.4, 0.5) is 0 Å². The quantitative estimate of drug-likeness (QED) is 0.791. The Hall–Kier alpha value is -2.46. The molecule has 0 aliphatic carbocycles. The Morgan fingerprint density at radius 3 is 2.45 bits per heavy atom. The molecule has 0 spiro atoms. The van der Waals surface area contributed by atoms with Gasteiger partial charge in [0.15, 0.2) is 5.82 Å². The molecule has 3 rings (SSSR count). The lowest BCUT2D eigenvalue weighted by molar-refractivity contribution is 0.797. The number of aromatic nitrogens is 3. The Morgan fingerprint density at radius 2 is 1.80 bits per heavy atom. The van der Waals surface area contributed by atoms with Crippen LogP contribution in [0.25, 0.3) is 16.9 Å². The number of rotatable bonds is 3. The van der Waals surface area contributed by atoms with Crippen molar-refractivity contribution in [3.05, 3.63) is 66.6 Å². The molecule has 0 bridgehead atoms. The maximum atomic E-state index is 5.82. The lowest BCUT2D eigenvalue weighted by Crippen LogP contribution is -2.06. The summed E-state index contributed by atoms with van der Waals surface area (Å²) in [6.07, 6.45) is 5.61. The third-order valence-electron chi connectivity index (χ3n) is 3.22. The number of pyridine rings is 1. The molecule has 1 aromatic carbocycles. The molecule has 0 aliphatic heterocycles. The summed E-state index contributed by atoms with van der Waals surface area (Å²) in [6.45, 7) is 1.94. The average molecular weight is 264 g/mol. The summed E-state index contributed by atoms with van der Waals surface area (Å²) in [5.74, 6) is 0.789. The van der Waals surface area contributed by atoms with E-state index in [1.54, 1.807) is 10.9 Å². The van der Waals surface area contributed by atoms with Crippen LogP contribution in [0.2, 0.25) is 0 Å². The standard InChI is InChI=1S/C16H16N4/c1-12(17)14-7-8-16(18-9-14)20-11-15(10-19-20)13-5-3-2-4-6-13/h2-12H,17H2,1H3/t12-/m0/s1. The second-order valence-electron chi connectivity index (χ2n) is 4.78. The third-order valence-corrected chi connectivity index (χ3v) is 3.22. The van der Waals surface area contributed by atoms with E-state index in [-0.39, 0.29) is 6.04 Å². The molecule has 0 radical (unpaired) electrons. The zero-order chi connectivity index (χ0) is 13.9. The highest BCUT2D eigenvalue weighted by Crippen LogP contribution is 2.19. The maximum absolute atomic E-state index is 5.82. The normalized spacial score (nSPS) is 12.3. The van der Waals surface area contributed by atoms with Crippen molar-refractivity contribution in [1.82, 2.24) is 14.8 Å². The van der Waals surface area contributed by atoms with Crippen molar-refractivity contribution < 1.29 is 0 Å². The van der Waals surface area contributed by atoms with Gasteiger partial charge in [-0.05, 0) is 24.1 Å². The van der Waals surface area contributed by atoms with Crippen LogP contribution in [0.3, 0.4) is 0 Å². The van der Waals surface area contributed by atoms with E-state index >= 15 is 0 Å². The second kappa shape index (κ2) is 5.27. The molecule has 0 unspecified atom stereocenters. The van der Waals surface area contributed by atoms with Crippen LogP contribution in [-0.2, 0) is 0 Å². The molecule has 20 heavy (non-hydrogen) atoms. The Balaban J connectivity index is 1.90. The van der Waals surface area contributed by atoms with Crippen molar-refractivity contribution in [3.63, 3.8) is 0 Å². The summed E-state index contributed by atoms with van der Waals surface area (Å²) < 4.78 is 1.77. The van der Waals surface area contributed by atoms with Crippen LogP contribution in [0, 0.1) is 0 Å². The number of hydrogen-bond acceptors (Lipinski definition) is 3. The van der Waals surface area contributed by atoms with E-state index in [1.807, 2.05) is 49.6 Å². The van der Waals surface area contributed by atoms with E-state index in [0.717, 1.165) is 22.5 Å². The molecule has 3 aromatic rings. The van der Waals surface area contributed by atoms with Crippen molar-refractivity contribution in [2.75, 3.05) is 0 Å². The maximum Gasteiger partial charge on any atom is 0.153 e. The average Bonchev–Trinajstić information content (AvgIpc) is 2.98. The largest absolute Gasteiger partial charge is 0.324 e. The van der Waals surface area contributed by atoms with Gasteiger partial charge < -0.3 is 5.73 Å². The van der Waals surface area contributed by atoms with Crippen molar-refractivity contribution in [2.45, 2.75) is 13.0 Å². The number of benzene rings is 1. The van der Waals surface area contributed by atoms with Crippen molar-refractivity contribution in [3.8, 4) is 16.9 Å². The lowest BCUT2D eigenvalue weighted by Gasteiger charge is -2.05. The van der Waals surface area contributed by atoms with Gasteiger partial charge in [-0.25, -0.2) is 9.67 Å². The molecule has 0 fully saturated rings. The van der Waals surface area contributed by atoms with Crippen LogP contribution >= 0.6 is 0 Å². The first kappa shape index (κ1) is 12.6. The first-order valence-electron chi connectivity index (χ1n) is 6.56. The summed E-state index contributed by atoms with van der Waals surface area (Å²) in [4.78, 5) is 4.40. The minimum absolute atomic E-state index is 0.00551. The van der Waals surface area contributed by atoms with E-state index in [0.29, 0.717) is 0 Å². The SMILES string of the molecule is C[C@H](N)c1ccc(-n2cc(-c3ccccc3)cn2)nc1. The highest BCUT2D eigenvalue weighted by Gasteiger charge is 2.05. The highest BCUT2D eigenvalue weighted by atomic mass is 15.3. The Labute approximate surface area is 117 Å². The molecule has 0 amide bonds. The topological polar surface area (TPSA) is 56.7 Å². The summed E-state index contributed by atoms with van der Waals surface area (Å²) in [5, 5.41) is 4.36. The van der Waals surface area contributed by atoms with Gasteiger partial charge in [0.2, 0.25) is 0 Å². The monoisotopic (exact) mass is 264 g/mol. The van der Waals surface area contributed by atoms with Crippen molar-refractivity contribution >= 4 is 0 Å². The molecule has 100 valence electrons. The summed E-state index contributed by atoms with van der Waals surface area (Å²) >= 11 is 0. The Kier molecular flexibility index (Phi) is 3.31. The predicted molar refractivity (Wildman–Crippen MR) is 79.4 cm³/mol. The van der Waals surface area contributed by atoms with E-state index in [1.165, 1.54) is 0 Å². The first-order chi connectivity index (χ1) is 9.74. The fourth-order valence-corrected chi connectivity index (χ4v) is 2.03. The summed E-state index contributed by atoms with van der Waals surface area (Å²) in [5.41, 5.74) is 9.06. The van der Waals surface area contributed by atoms with Gasteiger partial charge in [-0.3, -0.25) is 0 Å². The minimum Gasteiger partial charge on any atom is -0.324 e. The molecule has 1 atom stereocenters. The highest BCUT2D eigenvalue weighted by molar-refractivity contribution is 5.61. The van der Waals surface area contributed by atoms with Crippen LogP contribution in [-0.4, -0.2) is 14.8 Å². The number of nitrogens with two attached hydrogens (primary N) is 1. The van der Waals surface area contributed by atoms with Gasteiger partial charge >= 0.3 is 0 Å².